The van der Waals surface area contributed by atoms with Gasteiger partial charge in [0, 0.05) is 5.02 Å². The first kappa shape index (κ1) is 15.4. The summed E-state index contributed by atoms with van der Waals surface area (Å²) < 4.78 is 28.8. The molecule has 9 heteroatoms. The molecular weight excluding hydrogens is 344 g/mol. The summed E-state index contributed by atoms with van der Waals surface area (Å²) in [6, 6.07) is 6.03. The van der Waals surface area contributed by atoms with Gasteiger partial charge in [0.05, 0.1) is 22.8 Å². The third-order valence-electron chi connectivity index (χ3n) is 3.15. The molecule has 116 valence electrons. The molecule has 1 N–H and O–H groups in total. The van der Waals surface area contributed by atoms with E-state index < -0.39 is 10.0 Å². The molecule has 0 atom stereocenters. The third-order valence-corrected chi connectivity index (χ3v) is 5.64. The number of hydrogen-bond acceptors (Lipinski definition) is 5. The first-order chi connectivity index (χ1) is 10.4. The maximum atomic E-state index is 12.3. The zero-order chi connectivity index (χ0) is 15.9. The Kier molecular flexibility index (Phi) is 3.94. The van der Waals surface area contributed by atoms with Crippen molar-refractivity contribution >= 4 is 37.9 Å². The number of rotatable bonds is 4. The number of nitrogens with zero attached hydrogens (tertiary/aromatic N) is 3. The second-order valence-electron chi connectivity index (χ2n) is 4.74. The molecule has 0 unspecified atom stereocenters. The summed E-state index contributed by atoms with van der Waals surface area (Å²) >= 11 is 7.24. The van der Waals surface area contributed by atoms with Gasteiger partial charge >= 0.3 is 0 Å². The number of sulfonamides is 1. The van der Waals surface area contributed by atoms with Crippen LogP contribution in [0, 0.1) is 13.8 Å². The highest BCUT2D eigenvalue weighted by Gasteiger charge is 2.17. The summed E-state index contributed by atoms with van der Waals surface area (Å²) in [5.74, 6) is 0. The minimum atomic E-state index is -3.61. The van der Waals surface area contributed by atoms with Gasteiger partial charge in [0.1, 0.15) is 5.01 Å². The van der Waals surface area contributed by atoms with Gasteiger partial charge in [-0.05, 0) is 38.1 Å². The minimum Gasteiger partial charge on any atom is -0.223 e. The van der Waals surface area contributed by atoms with Crippen LogP contribution in [-0.4, -0.2) is 23.0 Å². The van der Waals surface area contributed by atoms with Crippen molar-refractivity contribution < 1.29 is 8.42 Å². The predicted molar refractivity (Wildman–Crippen MR) is 85.8 cm³/mol. The van der Waals surface area contributed by atoms with Crippen LogP contribution in [-0.2, 0) is 16.6 Å². The zero-order valence-corrected chi connectivity index (χ0v) is 14.3. The predicted octanol–water partition coefficient (Wildman–Crippen LogP) is 2.54. The van der Waals surface area contributed by atoms with E-state index in [1.807, 2.05) is 13.8 Å². The largest absolute Gasteiger partial charge is 0.240 e. The lowest BCUT2D eigenvalue weighted by atomic mass is 10.3. The normalized spacial score (nSPS) is 12.1. The molecule has 0 radical (unpaired) electrons. The smallest absolute Gasteiger partial charge is 0.223 e. The Balaban J connectivity index is 1.86. The second-order valence-corrected chi connectivity index (χ2v) is 8.10. The summed E-state index contributed by atoms with van der Waals surface area (Å²) in [4.78, 5) is 5.32. The minimum absolute atomic E-state index is 0.126. The molecule has 2 aromatic heterocycles. The summed E-state index contributed by atoms with van der Waals surface area (Å²) in [6.45, 7) is 3.85. The van der Waals surface area contributed by atoms with Crippen molar-refractivity contribution in [3.63, 3.8) is 0 Å². The summed E-state index contributed by atoms with van der Waals surface area (Å²) in [7, 11) is -3.61. The molecule has 6 nitrogen and oxygen atoms in total. The average Bonchev–Trinajstić information content (AvgIpc) is 2.92. The van der Waals surface area contributed by atoms with Crippen LogP contribution in [0.15, 0.2) is 29.2 Å². The standard InChI is InChI=1S/C13H13ClN4O2S2/c1-8-12(18-13(16-8)21-9(2)17-18)7-15-22(19,20)11-5-3-10(14)4-6-11/h3-6,15H,7H2,1-2H3. The van der Waals surface area contributed by atoms with Crippen LogP contribution < -0.4 is 4.72 Å². The van der Waals surface area contributed by atoms with Gasteiger partial charge in [-0.15, -0.1) is 0 Å². The third kappa shape index (κ3) is 2.87. The number of benzene rings is 1. The maximum Gasteiger partial charge on any atom is 0.240 e. The molecule has 0 aliphatic carbocycles. The van der Waals surface area contributed by atoms with Crippen molar-refractivity contribution in [2.75, 3.05) is 0 Å². The quantitative estimate of drug-likeness (QED) is 0.779. The molecule has 0 aliphatic heterocycles. The zero-order valence-electron chi connectivity index (χ0n) is 11.9. The van der Waals surface area contributed by atoms with E-state index in [0.717, 1.165) is 21.4 Å². The lowest BCUT2D eigenvalue weighted by molar-refractivity contribution is 0.579. The fourth-order valence-electron chi connectivity index (χ4n) is 2.05. The van der Waals surface area contributed by atoms with Crippen LogP contribution in [0.25, 0.3) is 4.96 Å². The highest BCUT2D eigenvalue weighted by atomic mass is 35.5. The Morgan fingerprint density at radius 2 is 1.95 bits per heavy atom. The molecule has 0 bridgehead atoms. The van der Waals surface area contributed by atoms with E-state index in [9.17, 15) is 8.42 Å². The maximum absolute atomic E-state index is 12.3. The number of nitrogens with one attached hydrogen (secondary N) is 1. The van der Waals surface area contributed by atoms with E-state index in [1.165, 1.54) is 23.5 Å². The number of imidazole rings is 1. The van der Waals surface area contributed by atoms with Gasteiger partial charge in [0.15, 0.2) is 0 Å². The molecule has 2 heterocycles. The van der Waals surface area contributed by atoms with Gasteiger partial charge in [0.2, 0.25) is 15.0 Å². The fourth-order valence-corrected chi connectivity index (χ4v) is 3.97. The summed E-state index contributed by atoms with van der Waals surface area (Å²) in [5, 5.41) is 5.71. The lowest BCUT2D eigenvalue weighted by Crippen LogP contribution is -2.24. The van der Waals surface area contributed by atoms with Crippen LogP contribution in [0.1, 0.15) is 16.4 Å². The highest BCUT2D eigenvalue weighted by Crippen LogP contribution is 2.19. The van der Waals surface area contributed by atoms with Gasteiger partial charge in [-0.25, -0.2) is 22.6 Å². The van der Waals surface area contributed by atoms with Crippen molar-refractivity contribution in [1.29, 1.82) is 0 Å². The molecule has 0 spiro atoms. The topological polar surface area (TPSA) is 76.4 Å². The number of fused-ring (bicyclic) bond motifs is 1. The second kappa shape index (κ2) is 5.62. The molecule has 0 fully saturated rings. The Hall–Kier alpha value is -1.48. The SMILES string of the molecule is Cc1nn2c(CNS(=O)(=O)c3ccc(Cl)cc3)c(C)nc2s1. The van der Waals surface area contributed by atoms with Crippen molar-refractivity contribution in [1.82, 2.24) is 19.3 Å². The van der Waals surface area contributed by atoms with Crippen LogP contribution >= 0.6 is 22.9 Å². The lowest BCUT2D eigenvalue weighted by Gasteiger charge is -2.06. The number of halogens is 1. The van der Waals surface area contributed by atoms with E-state index in [-0.39, 0.29) is 11.4 Å². The van der Waals surface area contributed by atoms with E-state index in [4.69, 9.17) is 11.6 Å². The highest BCUT2D eigenvalue weighted by molar-refractivity contribution is 7.89. The van der Waals surface area contributed by atoms with Gasteiger partial charge in [-0.1, -0.05) is 22.9 Å². The fraction of sp³-hybridized carbons (Fsp3) is 0.231. The first-order valence-corrected chi connectivity index (χ1v) is 9.11. The van der Waals surface area contributed by atoms with Crippen LogP contribution in [0.3, 0.4) is 0 Å². The number of aromatic nitrogens is 3. The first-order valence-electron chi connectivity index (χ1n) is 6.44. The molecular formula is C13H13ClN4O2S2. The van der Waals surface area contributed by atoms with Crippen LogP contribution in [0.2, 0.25) is 5.02 Å². The van der Waals surface area contributed by atoms with Gasteiger partial charge < -0.3 is 0 Å². The molecule has 0 amide bonds. The Labute approximate surface area is 136 Å². The number of aryl methyl sites for hydroxylation is 2. The molecule has 0 saturated heterocycles. The van der Waals surface area contributed by atoms with Crippen LogP contribution in [0.5, 0.6) is 0 Å². The average molecular weight is 357 g/mol. The molecule has 3 aromatic rings. The molecule has 0 aliphatic rings. The Morgan fingerprint density at radius 1 is 1.27 bits per heavy atom. The summed E-state index contributed by atoms with van der Waals surface area (Å²) in [5.41, 5.74) is 1.49. The van der Waals surface area contributed by atoms with Crippen LogP contribution in [0.4, 0.5) is 0 Å². The molecule has 1 aromatic carbocycles. The molecule has 3 rings (SSSR count). The van der Waals surface area contributed by atoms with Crippen molar-refractivity contribution in [2.24, 2.45) is 0 Å². The van der Waals surface area contributed by atoms with Crippen molar-refractivity contribution in [3.8, 4) is 0 Å². The van der Waals surface area contributed by atoms with Crippen molar-refractivity contribution in [2.45, 2.75) is 25.3 Å². The van der Waals surface area contributed by atoms with Crippen molar-refractivity contribution in [3.05, 3.63) is 45.7 Å². The molecule has 22 heavy (non-hydrogen) atoms. The van der Waals surface area contributed by atoms with Gasteiger partial charge in [-0.2, -0.15) is 5.10 Å². The van der Waals surface area contributed by atoms with E-state index in [2.05, 4.69) is 14.8 Å². The van der Waals surface area contributed by atoms with Gasteiger partial charge in [0.25, 0.3) is 0 Å². The Morgan fingerprint density at radius 3 is 2.64 bits per heavy atom. The Bertz CT molecular complexity index is 929. The van der Waals surface area contributed by atoms with E-state index in [1.54, 1.807) is 16.6 Å². The monoisotopic (exact) mass is 356 g/mol. The van der Waals surface area contributed by atoms with E-state index >= 15 is 0 Å². The van der Waals surface area contributed by atoms with Gasteiger partial charge in [-0.3, -0.25) is 0 Å². The summed E-state index contributed by atoms with van der Waals surface area (Å²) in [6.07, 6.45) is 0. The van der Waals surface area contributed by atoms with E-state index in [0.29, 0.717) is 5.02 Å². The molecule has 0 saturated carbocycles. The number of hydrogen-bond donors (Lipinski definition) is 1.